The first-order chi connectivity index (χ1) is 16.4. The molecule has 182 valence electrons. The Bertz CT molecular complexity index is 1160. The Kier molecular flexibility index (Phi) is 6.33. The molecule has 0 atom stereocenters. The van der Waals surface area contributed by atoms with Gasteiger partial charge in [0.25, 0.3) is 0 Å². The smallest absolute Gasteiger partial charge is 0.409 e. The normalized spacial score (nSPS) is 19.0. The highest BCUT2D eigenvalue weighted by Crippen LogP contribution is 2.35. The Morgan fingerprint density at radius 2 is 1.88 bits per heavy atom. The molecule has 0 bridgehead atoms. The van der Waals surface area contributed by atoms with E-state index in [2.05, 4.69) is 14.9 Å². The maximum Gasteiger partial charge on any atom is 0.409 e. The van der Waals surface area contributed by atoms with Crippen LogP contribution in [0.4, 0.5) is 16.3 Å². The van der Waals surface area contributed by atoms with E-state index in [0.29, 0.717) is 48.8 Å². The van der Waals surface area contributed by atoms with Crippen LogP contribution in [0.3, 0.4) is 0 Å². The summed E-state index contributed by atoms with van der Waals surface area (Å²) in [6.45, 7) is 2.46. The highest BCUT2D eigenvalue weighted by molar-refractivity contribution is 7.90. The van der Waals surface area contributed by atoms with E-state index in [9.17, 15) is 13.2 Å². The molecule has 0 N–H and O–H groups in total. The van der Waals surface area contributed by atoms with Crippen molar-refractivity contribution in [1.29, 1.82) is 0 Å². The van der Waals surface area contributed by atoms with Crippen molar-refractivity contribution in [1.82, 2.24) is 14.9 Å². The van der Waals surface area contributed by atoms with Gasteiger partial charge in [0.05, 0.1) is 11.5 Å². The van der Waals surface area contributed by atoms with Gasteiger partial charge in [-0.1, -0.05) is 6.42 Å². The molecule has 2 aliphatic heterocycles. The molecule has 0 radical (unpaired) electrons. The largest absolute Gasteiger partial charge is 0.474 e. The van der Waals surface area contributed by atoms with Crippen molar-refractivity contribution in [3.05, 3.63) is 36.2 Å². The number of ether oxygens (including phenoxy) is 2. The van der Waals surface area contributed by atoms with E-state index in [1.54, 1.807) is 17.0 Å². The van der Waals surface area contributed by atoms with Crippen molar-refractivity contribution >= 4 is 27.4 Å². The summed E-state index contributed by atoms with van der Waals surface area (Å²) in [6, 6.07) is 7.03. The first-order valence-electron chi connectivity index (χ1n) is 11.9. The topological polar surface area (TPSA) is 102 Å². The zero-order valence-corrected chi connectivity index (χ0v) is 20.2. The van der Waals surface area contributed by atoms with Crippen molar-refractivity contribution in [2.75, 3.05) is 37.4 Å². The predicted molar refractivity (Wildman–Crippen MR) is 126 cm³/mol. The molecule has 5 rings (SSSR count). The Balaban J connectivity index is 1.18. The van der Waals surface area contributed by atoms with Crippen LogP contribution in [0.15, 0.2) is 35.5 Å². The van der Waals surface area contributed by atoms with Crippen LogP contribution in [-0.2, 0) is 21.0 Å². The van der Waals surface area contributed by atoms with Crippen LogP contribution in [0.25, 0.3) is 0 Å². The van der Waals surface area contributed by atoms with Crippen LogP contribution in [-0.4, -0.2) is 68.0 Å². The van der Waals surface area contributed by atoms with Crippen LogP contribution in [0, 0.1) is 5.92 Å². The second-order valence-electron chi connectivity index (χ2n) is 9.36. The molecular weight excluding hydrogens is 456 g/mol. The maximum absolute atomic E-state index is 12.3. The minimum absolute atomic E-state index is 0.0263. The fourth-order valence-corrected chi connectivity index (χ4v) is 5.33. The molecule has 0 spiro atoms. The number of amides is 1. The average molecular weight is 487 g/mol. The number of carbonyl (C=O) groups is 1. The van der Waals surface area contributed by atoms with Crippen molar-refractivity contribution in [2.45, 2.75) is 49.5 Å². The molecule has 1 amide bonds. The summed E-state index contributed by atoms with van der Waals surface area (Å²) in [6.07, 6.45) is 8.21. The van der Waals surface area contributed by atoms with Crippen LogP contribution in [0.1, 0.15) is 37.7 Å². The summed E-state index contributed by atoms with van der Waals surface area (Å²) < 4.78 is 35.3. The van der Waals surface area contributed by atoms with Gasteiger partial charge in [0, 0.05) is 50.5 Å². The number of hydrogen-bond donors (Lipinski definition) is 0. The van der Waals surface area contributed by atoms with Gasteiger partial charge < -0.3 is 19.3 Å². The van der Waals surface area contributed by atoms with Crippen LogP contribution >= 0.6 is 0 Å². The van der Waals surface area contributed by atoms with Gasteiger partial charge in [-0.15, -0.1) is 0 Å². The van der Waals surface area contributed by atoms with Gasteiger partial charge in [0.15, 0.2) is 9.84 Å². The van der Waals surface area contributed by atoms with E-state index in [1.165, 1.54) is 19.0 Å². The average Bonchev–Trinajstić information content (AvgIpc) is 3.21. The highest BCUT2D eigenvalue weighted by atomic mass is 32.2. The lowest BCUT2D eigenvalue weighted by atomic mass is 9.86. The predicted octanol–water partition coefficient (Wildman–Crippen LogP) is 3.35. The SMILES string of the molecule is CS(=O)(=O)c1ccc2c(c1)CCN2c1cc(OC2CCN(C(=O)OCC3CCC3)CC2)ncn1. The lowest BCUT2D eigenvalue weighted by molar-refractivity contribution is 0.0491. The zero-order chi connectivity index (χ0) is 23.7. The molecule has 2 aromatic rings. The highest BCUT2D eigenvalue weighted by Gasteiger charge is 2.28. The molecular formula is C24H30N4O5S. The van der Waals surface area contributed by atoms with Gasteiger partial charge in [0.2, 0.25) is 5.88 Å². The molecule has 2 fully saturated rings. The minimum atomic E-state index is -3.24. The first-order valence-corrected chi connectivity index (χ1v) is 13.8. The van der Waals surface area contributed by atoms with Gasteiger partial charge >= 0.3 is 6.09 Å². The Morgan fingerprint density at radius 3 is 2.59 bits per heavy atom. The lowest BCUT2D eigenvalue weighted by Gasteiger charge is -2.32. The van der Waals surface area contributed by atoms with E-state index in [4.69, 9.17) is 9.47 Å². The first kappa shape index (κ1) is 22.9. The zero-order valence-electron chi connectivity index (χ0n) is 19.4. The fourth-order valence-electron chi connectivity index (χ4n) is 4.66. The summed E-state index contributed by atoms with van der Waals surface area (Å²) in [5.41, 5.74) is 1.94. The molecule has 34 heavy (non-hydrogen) atoms. The number of anilines is 2. The number of benzene rings is 1. The number of carbonyl (C=O) groups excluding carboxylic acids is 1. The molecule has 1 aromatic carbocycles. The van der Waals surface area contributed by atoms with Gasteiger partial charge in [-0.05, 0) is 48.9 Å². The monoisotopic (exact) mass is 486 g/mol. The van der Waals surface area contributed by atoms with Crippen LogP contribution in [0.2, 0.25) is 0 Å². The number of nitrogens with zero attached hydrogens (tertiary/aromatic N) is 4. The van der Waals surface area contributed by atoms with Crippen molar-refractivity contribution in [2.24, 2.45) is 5.92 Å². The van der Waals surface area contributed by atoms with Gasteiger partial charge in [-0.25, -0.2) is 23.2 Å². The summed E-state index contributed by atoms with van der Waals surface area (Å²) >= 11 is 0. The van der Waals surface area contributed by atoms with Crippen molar-refractivity contribution in [3.8, 4) is 5.88 Å². The molecule has 1 saturated heterocycles. The summed E-state index contributed by atoms with van der Waals surface area (Å²) in [5.74, 6) is 1.76. The van der Waals surface area contributed by atoms with Gasteiger partial charge in [-0.3, -0.25) is 0 Å². The molecule has 0 unspecified atom stereocenters. The van der Waals surface area contributed by atoms with Crippen LogP contribution in [0.5, 0.6) is 5.88 Å². The standard InChI is InChI=1S/C24H30N4O5S/c1-34(30,31)20-5-6-21-18(13-20)7-12-28(21)22-14-23(26-16-25-22)33-19-8-10-27(11-9-19)24(29)32-15-17-3-2-4-17/h5-6,13-14,16-17,19H,2-4,7-12,15H2,1H3. The molecule has 3 aliphatic rings. The minimum Gasteiger partial charge on any atom is -0.474 e. The van der Waals surface area contributed by atoms with Crippen molar-refractivity contribution < 1.29 is 22.7 Å². The third kappa shape index (κ3) is 4.96. The Hall–Kier alpha value is -2.88. The van der Waals surface area contributed by atoms with E-state index < -0.39 is 9.84 Å². The maximum atomic E-state index is 12.3. The second kappa shape index (κ2) is 9.40. The summed E-state index contributed by atoms with van der Waals surface area (Å²) in [5, 5.41) is 0. The number of rotatable bonds is 6. The number of likely N-dealkylation sites (tertiary alicyclic amines) is 1. The van der Waals surface area contributed by atoms with Crippen molar-refractivity contribution in [3.63, 3.8) is 0 Å². The molecule has 1 aromatic heterocycles. The lowest BCUT2D eigenvalue weighted by Crippen LogP contribution is -2.42. The van der Waals surface area contributed by atoms with E-state index in [1.807, 2.05) is 12.1 Å². The molecule has 3 heterocycles. The molecule has 9 nitrogen and oxygen atoms in total. The number of fused-ring (bicyclic) bond motifs is 1. The van der Waals surface area contributed by atoms with E-state index >= 15 is 0 Å². The molecule has 1 saturated carbocycles. The van der Waals surface area contributed by atoms with Crippen LogP contribution < -0.4 is 9.64 Å². The van der Waals surface area contributed by atoms with Gasteiger partial charge in [-0.2, -0.15) is 0 Å². The second-order valence-corrected chi connectivity index (χ2v) is 11.4. The quantitative estimate of drug-likeness (QED) is 0.613. The van der Waals surface area contributed by atoms with Gasteiger partial charge in [0.1, 0.15) is 18.2 Å². The van der Waals surface area contributed by atoms with E-state index in [-0.39, 0.29) is 12.2 Å². The fraction of sp³-hybridized carbons (Fsp3) is 0.542. The summed E-state index contributed by atoms with van der Waals surface area (Å²) in [7, 11) is -3.24. The Labute approximate surface area is 200 Å². The van der Waals surface area contributed by atoms with E-state index in [0.717, 1.165) is 43.4 Å². The molecule has 10 heteroatoms. The Morgan fingerprint density at radius 1 is 1.09 bits per heavy atom. The number of piperidine rings is 1. The summed E-state index contributed by atoms with van der Waals surface area (Å²) in [4.78, 5) is 25.1. The third-order valence-electron chi connectivity index (χ3n) is 6.93. The number of sulfone groups is 1. The number of aromatic nitrogens is 2. The third-order valence-corrected chi connectivity index (χ3v) is 8.04. The molecule has 1 aliphatic carbocycles. The number of hydrogen-bond acceptors (Lipinski definition) is 8.